The van der Waals surface area contributed by atoms with Gasteiger partial charge in [0.2, 0.25) is 11.8 Å². The lowest BCUT2D eigenvalue weighted by molar-refractivity contribution is -0.121. The van der Waals surface area contributed by atoms with E-state index in [9.17, 15) is 9.59 Å². The Hall–Kier alpha value is -2.17. The Balaban J connectivity index is 1.62. The van der Waals surface area contributed by atoms with E-state index in [-0.39, 0.29) is 17.7 Å². The maximum atomic E-state index is 11.9. The normalized spacial score (nSPS) is 14.0. The number of benzene rings is 1. The van der Waals surface area contributed by atoms with Crippen LogP contribution in [-0.4, -0.2) is 17.5 Å². The van der Waals surface area contributed by atoms with Gasteiger partial charge in [0.15, 0.2) is 0 Å². The van der Waals surface area contributed by atoms with Crippen LogP contribution in [0, 0.1) is 5.92 Å². The third-order valence-corrected chi connectivity index (χ3v) is 5.12. The average molecular weight is 386 g/mol. The van der Waals surface area contributed by atoms with E-state index in [1.54, 1.807) is 0 Å². The van der Waals surface area contributed by atoms with Gasteiger partial charge < -0.3 is 5.32 Å². The molecule has 1 aromatic rings. The smallest absolute Gasteiger partial charge is 0.240 e. The second-order valence-corrected chi connectivity index (χ2v) is 7.80. The Morgan fingerprint density at radius 2 is 1.57 bits per heavy atom. The number of carbonyl (C=O) groups excluding carboxylic acids is 2. The Morgan fingerprint density at radius 1 is 0.964 bits per heavy atom. The third-order valence-electron chi connectivity index (χ3n) is 5.12. The summed E-state index contributed by atoms with van der Waals surface area (Å²) in [5, 5.41) is 7.12. The predicted octanol–water partition coefficient (Wildman–Crippen LogP) is 5.41. The zero-order chi connectivity index (χ0) is 20.2. The highest BCUT2D eigenvalue weighted by atomic mass is 16.2. The van der Waals surface area contributed by atoms with Crippen molar-refractivity contribution in [1.29, 1.82) is 0 Å². The molecule has 1 fully saturated rings. The first kappa shape index (κ1) is 22.1. The molecule has 0 atom stereocenters. The van der Waals surface area contributed by atoms with Gasteiger partial charge in [-0.05, 0) is 43.9 Å². The molecule has 1 aliphatic carbocycles. The number of amides is 2. The van der Waals surface area contributed by atoms with Gasteiger partial charge in [0, 0.05) is 18.0 Å². The summed E-state index contributed by atoms with van der Waals surface area (Å²) in [5.74, 6) is 0.268. The summed E-state index contributed by atoms with van der Waals surface area (Å²) in [6.07, 6.45) is 12.3. The van der Waals surface area contributed by atoms with Crippen LogP contribution in [-0.2, 0) is 9.59 Å². The van der Waals surface area contributed by atoms with Gasteiger partial charge in [-0.15, -0.1) is 0 Å². The lowest BCUT2D eigenvalue weighted by Crippen LogP contribution is -2.18. The molecule has 0 unspecified atom stereocenters. The molecule has 0 aromatic heterocycles. The van der Waals surface area contributed by atoms with Gasteiger partial charge >= 0.3 is 0 Å². The zero-order valence-electron chi connectivity index (χ0n) is 17.4. The van der Waals surface area contributed by atoms with E-state index in [2.05, 4.69) is 22.8 Å². The lowest BCUT2D eigenvalue weighted by atomic mass is 10.1. The summed E-state index contributed by atoms with van der Waals surface area (Å²) in [7, 11) is 0. The molecule has 0 saturated heterocycles. The van der Waals surface area contributed by atoms with Crippen molar-refractivity contribution in [2.75, 3.05) is 5.32 Å². The lowest BCUT2D eigenvalue weighted by Gasteiger charge is -2.06. The zero-order valence-corrected chi connectivity index (χ0v) is 17.4. The first-order valence-corrected chi connectivity index (χ1v) is 10.8. The molecule has 1 saturated carbocycles. The van der Waals surface area contributed by atoms with E-state index in [0.717, 1.165) is 42.6 Å². The van der Waals surface area contributed by atoms with Crippen LogP contribution in [0.5, 0.6) is 0 Å². The fourth-order valence-corrected chi connectivity index (χ4v) is 3.07. The molecule has 0 spiro atoms. The number of hydrazone groups is 1. The van der Waals surface area contributed by atoms with Crippen molar-refractivity contribution < 1.29 is 9.59 Å². The van der Waals surface area contributed by atoms with Crippen molar-refractivity contribution in [2.24, 2.45) is 11.0 Å². The minimum atomic E-state index is -0.0290. The van der Waals surface area contributed by atoms with Crippen molar-refractivity contribution in [3.63, 3.8) is 0 Å². The number of hydrogen-bond acceptors (Lipinski definition) is 3. The predicted molar refractivity (Wildman–Crippen MR) is 115 cm³/mol. The Bertz CT molecular complexity index is 648. The van der Waals surface area contributed by atoms with Crippen molar-refractivity contribution in [3.05, 3.63) is 29.8 Å². The highest BCUT2D eigenvalue weighted by molar-refractivity contribution is 6.00. The minimum absolute atomic E-state index is 0.0290. The van der Waals surface area contributed by atoms with Crippen LogP contribution in [0.4, 0.5) is 5.69 Å². The van der Waals surface area contributed by atoms with Crippen molar-refractivity contribution in [3.8, 4) is 0 Å². The number of nitrogens with zero attached hydrogens (tertiary/aromatic N) is 1. The Kier molecular flexibility index (Phi) is 9.73. The SMILES string of the molecule is CCCCCCCCCCC(=O)NN=C(C)c1ccc(NC(=O)C2CC2)cc1. The molecular formula is C23H35N3O2. The van der Waals surface area contributed by atoms with Gasteiger partial charge in [-0.2, -0.15) is 5.10 Å². The number of rotatable bonds is 13. The minimum Gasteiger partial charge on any atom is -0.326 e. The van der Waals surface area contributed by atoms with Crippen LogP contribution < -0.4 is 10.7 Å². The van der Waals surface area contributed by atoms with Gasteiger partial charge in [0.05, 0.1) is 5.71 Å². The molecule has 2 amide bonds. The van der Waals surface area contributed by atoms with E-state index in [1.165, 1.54) is 38.5 Å². The van der Waals surface area contributed by atoms with Crippen LogP contribution >= 0.6 is 0 Å². The Morgan fingerprint density at radius 3 is 2.18 bits per heavy atom. The molecule has 0 aliphatic heterocycles. The van der Waals surface area contributed by atoms with E-state index in [0.29, 0.717) is 6.42 Å². The Labute approximate surface area is 169 Å². The maximum Gasteiger partial charge on any atom is 0.240 e. The fraction of sp³-hybridized carbons (Fsp3) is 0.609. The largest absolute Gasteiger partial charge is 0.326 e. The van der Waals surface area contributed by atoms with Crippen molar-refractivity contribution >= 4 is 23.2 Å². The van der Waals surface area contributed by atoms with Crippen LogP contribution in [0.2, 0.25) is 0 Å². The summed E-state index contributed by atoms with van der Waals surface area (Å²) in [5.41, 5.74) is 5.13. The van der Waals surface area contributed by atoms with Crippen LogP contribution in [0.15, 0.2) is 29.4 Å². The first-order chi connectivity index (χ1) is 13.6. The summed E-state index contributed by atoms with van der Waals surface area (Å²) in [4.78, 5) is 23.7. The number of unbranched alkanes of at least 4 members (excludes halogenated alkanes) is 7. The monoisotopic (exact) mass is 385 g/mol. The maximum absolute atomic E-state index is 11.9. The molecule has 2 rings (SSSR count). The standard InChI is InChI=1S/C23H35N3O2/c1-3-4-5-6-7-8-9-10-11-22(27)26-25-18(2)19-14-16-21(17-15-19)24-23(28)20-12-13-20/h14-17,20H,3-13H2,1-2H3,(H,24,28)(H,26,27). The topological polar surface area (TPSA) is 70.6 Å². The summed E-state index contributed by atoms with van der Waals surface area (Å²) in [6, 6.07) is 7.56. The second-order valence-electron chi connectivity index (χ2n) is 7.80. The van der Waals surface area contributed by atoms with Crippen molar-refractivity contribution in [2.45, 2.75) is 84.5 Å². The molecule has 154 valence electrons. The quantitative estimate of drug-likeness (QED) is 0.271. The molecular weight excluding hydrogens is 350 g/mol. The summed E-state index contributed by atoms with van der Waals surface area (Å²) in [6.45, 7) is 4.10. The van der Waals surface area contributed by atoms with Crippen LogP contribution in [0.3, 0.4) is 0 Å². The molecule has 1 aromatic carbocycles. The van der Waals surface area contributed by atoms with E-state index in [4.69, 9.17) is 0 Å². The molecule has 0 bridgehead atoms. The van der Waals surface area contributed by atoms with Gasteiger partial charge in [-0.3, -0.25) is 9.59 Å². The fourth-order valence-electron chi connectivity index (χ4n) is 3.07. The summed E-state index contributed by atoms with van der Waals surface area (Å²) >= 11 is 0. The molecule has 2 N–H and O–H groups in total. The number of carbonyl (C=O) groups is 2. The average Bonchev–Trinajstić information content (AvgIpc) is 3.54. The van der Waals surface area contributed by atoms with E-state index < -0.39 is 0 Å². The summed E-state index contributed by atoms with van der Waals surface area (Å²) < 4.78 is 0. The highest BCUT2D eigenvalue weighted by Gasteiger charge is 2.29. The molecule has 5 nitrogen and oxygen atoms in total. The van der Waals surface area contributed by atoms with E-state index in [1.807, 2.05) is 31.2 Å². The third kappa shape index (κ3) is 8.68. The van der Waals surface area contributed by atoms with Gasteiger partial charge in [-0.25, -0.2) is 5.43 Å². The van der Waals surface area contributed by atoms with Gasteiger partial charge in [0.25, 0.3) is 0 Å². The number of nitrogens with one attached hydrogen (secondary N) is 2. The molecule has 28 heavy (non-hydrogen) atoms. The first-order valence-electron chi connectivity index (χ1n) is 10.8. The molecule has 5 heteroatoms. The highest BCUT2D eigenvalue weighted by Crippen LogP contribution is 2.30. The van der Waals surface area contributed by atoms with Gasteiger partial charge in [-0.1, -0.05) is 64.0 Å². The van der Waals surface area contributed by atoms with Crippen LogP contribution in [0.25, 0.3) is 0 Å². The molecule has 0 radical (unpaired) electrons. The van der Waals surface area contributed by atoms with Gasteiger partial charge in [0.1, 0.15) is 0 Å². The second kappa shape index (κ2) is 12.3. The number of anilines is 1. The van der Waals surface area contributed by atoms with E-state index >= 15 is 0 Å². The number of hydrogen-bond donors (Lipinski definition) is 2. The van der Waals surface area contributed by atoms with Crippen LogP contribution in [0.1, 0.15) is 90.0 Å². The molecule has 0 heterocycles. The molecule has 1 aliphatic rings. The van der Waals surface area contributed by atoms with Crippen molar-refractivity contribution in [1.82, 2.24) is 5.43 Å².